The molecule has 0 unspecified atom stereocenters. The number of benzene rings is 1. The fourth-order valence-electron chi connectivity index (χ4n) is 2.46. The number of ether oxygens (including phenoxy) is 2. The summed E-state index contributed by atoms with van der Waals surface area (Å²) in [5.41, 5.74) is 0.260. The molecule has 2 heterocycles. The van der Waals surface area contributed by atoms with Crippen molar-refractivity contribution in [1.82, 2.24) is 4.90 Å². The smallest absolute Gasteiger partial charge is 0.227 e. The van der Waals surface area contributed by atoms with Crippen molar-refractivity contribution in [2.75, 3.05) is 32.9 Å². The number of rotatable bonds is 6. The molecule has 126 valence electrons. The molecule has 1 aromatic heterocycles. The molecule has 1 fully saturated rings. The highest BCUT2D eigenvalue weighted by atomic mass is 16.5. The van der Waals surface area contributed by atoms with Gasteiger partial charge < -0.3 is 13.9 Å². The van der Waals surface area contributed by atoms with E-state index in [0.717, 1.165) is 13.1 Å². The summed E-state index contributed by atoms with van der Waals surface area (Å²) in [7, 11) is 0. The first-order chi connectivity index (χ1) is 11.7. The van der Waals surface area contributed by atoms with Gasteiger partial charge in [0.2, 0.25) is 11.2 Å². The maximum atomic E-state index is 12.1. The Morgan fingerprint density at radius 1 is 1.17 bits per heavy atom. The fraction of sp³-hybridized carbons (Fsp3) is 0.333. The van der Waals surface area contributed by atoms with Crippen molar-refractivity contribution >= 4 is 5.78 Å². The minimum absolute atomic E-state index is 0.0463. The molecule has 0 aliphatic carbocycles. The number of morpholine rings is 1. The average molecular weight is 329 g/mol. The van der Waals surface area contributed by atoms with E-state index in [2.05, 4.69) is 4.90 Å². The molecule has 1 aliphatic heterocycles. The molecule has 6 heteroatoms. The normalized spacial score (nSPS) is 15.2. The summed E-state index contributed by atoms with van der Waals surface area (Å²) < 4.78 is 16.1. The minimum atomic E-state index is -0.287. The Morgan fingerprint density at radius 3 is 2.62 bits per heavy atom. The maximum absolute atomic E-state index is 12.1. The lowest BCUT2D eigenvalue weighted by molar-refractivity contribution is 0.0310. The van der Waals surface area contributed by atoms with Gasteiger partial charge in [-0.05, 0) is 0 Å². The Labute approximate surface area is 139 Å². The number of ketones is 1. The van der Waals surface area contributed by atoms with Crippen LogP contribution in [-0.4, -0.2) is 43.6 Å². The molecule has 0 saturated carbocycles. The van der Waals surface area contributed by atoms with Gasteiger partial charge in [0.05, 0.1) is 19.8 Å². The van der Waals surface area contributed by atoms with Gasteiger partial charge in [-0.2, -0.15) is 0 Å². The summed E-state index contributed by atoms with van der Waals surface area (Å²) in [6.07, 6.45) is 1.27. The van der Waals surface area contributed by atoms with Crippen LogP contribution in [-0.2, 0) is 11.3 Å². The maximum Gasteiger partial charge on any atom is 0.227 e. The van der Waals surface area contributed by atoms with E-state index < -0.39 is 0 Å². The fourth-order valence-corrected chi connectivity index (χ4v) is 2.46. The zero-order valence-corrected chi connectivity index (χ0v) is 13.3. The van der Waals surface area contributed by atoms with E-state index in [4.69, 9.17) is 13.9 Å². The molecule has 0 spiro atoms. The molecule has 0 amide bonds. The van der Waals surface area contributed by atoms with Crippen LogP contribution in [0, 0.1) is 0 Å². The van der Waals surface area contributed by atoms with Crippen molar-refractivity contribution in [3.8, 4) is 5.75 Å². The summed E-state index contributed by atoms with van der Waals surface area (Å²) in [5, 5.41) is 0. The van der Waals surface area contributed by atoms with Gasteiger partial charge in [-0.3, -0.25) is 14.5 Å². The van der Waals surface area contributed by atoms with Gasteiger partial charge in [-0.1, -0.05) is 30.3 Å². The van der Waals surface area contributed by atoms with Crippen LogP contribution in [0.4, 0.5) is 0 Å². The molecule has 2 aromatic rings. The summed E-state index contributed by atoms with van der Waals surface area (Å²) in [5.74, 6) is 0.432. The van der Waals surface area contributed by atoms with E-state index >= 15 is 0 Å². The Morgan fingerprint density at radius 2 is 1.92 bits per heavy atom. The highest BCUT2D eigenvalue weighted by Crippen LogP contribution is 2.10. The molecule has 1 saturated heterocycles. The van der Waals surface area contributed by atoms with Crippen LogP contribution in [0.3, 0.4) is 0 Å². The average Bonchev–Trinajstić information content (AvgIpc) is 2.62. The second kappa shape index (κ2) is 7.90. The lowest BCUT2D eigenvalue weighted by atomic mass is 10.1. The minimum Gasteiger partial charge on any atom is -0.478 e. The number of hydrogen-bond acceptors (Lipinski definition) is 6. The van der Waals surface area contributed by atoms with Gasteiger partial charge in [-0.25, -0.2) is 0 Å². The summed E-state index contributed by atoms with van der Waals surface area (Å²) in [4.78, 5) is 26.2. The molecule has 0 atom stereocenters. The molecule has 0 radical (unpaired) electrons. The van der Waals surface area contributed by atoms with Crippen LogP contribution in [0.25, 0.3) is 0 Å². The Hall–Kier alpha value is -2.44. The number of carbonyl (C=O) groups is 1. The molecular formula is C18H19NO5. The van der Waals surface area contributed by atoms with Crippen LogP contribution >= 0.6 is 0 Å². The zero-order valence-electron chi connectivity index (χ0n) is 13.3. The first kappa shape index (κ1) is 16.4. The topological polar surface area (TPSA) is 69.0 Å². The SMILES string of the molecule is O=C(COc1coc(CN2CCOCC2)cc1=O)c1ccccc1. The molecular weight excluding hydrogens is 310 g/mol. The third-order valence-corrected chi connectivity index (χ3v) is 3.79. The second-order valence-electron chi connectivity index (χ2n) is 5.54. The predicted molar refractivity (Wildman–Crippen MR) is 87.3 cm³/mol. The third kappa shape index (κ3) is 4.31. The molecule has 0 bridgehead atoms. The Balaban J connectivity index is 1.58. The summed E-state index contributed by atoms with van der Waals surface area (Å²) >= 11 is 0. The summed E-state index contributed by atoms with van der Waals surface area (Å²) in [6, 6.07) is 10.2. The third-order valence-electron chi connectivity index (χ3n) is 3.79. The van der Waals surface area contributed by atoms with Crippen LogP contribution in [0.15, 0.2) is 51.9 Å². The van der Waals surface area contributed by atoms with Crippen molar-refractivity contribution in [1.29, 1.82) is 0 Å². The zero-order chi connectivity index (χ0) is 16.8. The van der Waals surface area contributed by atoms with E-state index in [1.807, 2.05) is 6.07 Å². The number of nitrogens with zero attached hydrogens (tertiary/aromatic N) is 1. The van der Waals surface area contributed by atoms with Crippen LogP contribution in [0.1, 0.15) is 16.1 Å². The number of Topliss-reactive ketones (excluding diaryl/α,β-unsaturated/α-hetero) is 1. The molecule has 3 rings (SSSR count). The summed E-state index contributed by atoms with van der Waals surface area (Å²) in [6.45, 7) is 3.36. The van der Waals surface area contributed by atoms with Gasteiger partial charge in [-0.15, -0.1) is 0 Å². The van der Waals surface area contributed by atoms with Crippen LogP contribution in [0.2, 0.25) is 0 Å². The lowest BCUT2D eigenvalue weighted by Gasteiger charge is -2.25. The molecule has 1 aromatic carbocycles. The second-order valence-corrected chi connectivity index (χ2v) is 5.54. The number of hydrogen-bond donors (Lipinski definition) is 0. The largest absolute Gasteiger partial charge is 0.478 e. The molecule has 1 aliphatic rings. The van der Waals surface area contributed by atoms with E-state index in [-0.39, 0.29) is 23.6 Å². The first-order valence-corrected chi connectivity index (χ1v) is 7.85. The first-order valence-electron chi connectivity index (χ1n) is 7.85. The van der Waals surface area contributed by atoms with Gasteiger partial charge in [0.15, 0.2) is 12.4 Å². The van der Waals surface area contributed by atoms with E-state index in [0.29, 0.717) is 31.1 Å². The van der Waals surface area contributed by atoms with E-state index in [1.54, 1.807) is 24.3 Å². The van der Waals surface area contributed by atoms with Gasteiger partial charge in [0.1, 0.15) is 12.0 Å². The Kier molecular flexibility index (Phi) is 5.40. The molecule has 0 N–H and O–H groups in total. The predicted octanol–water partition coefficient (Wildman–Crippen LogP) is 1.73. The van der Waals surface area contributed by atoms with Crippen LogP contribution < -0.4 is 10.2 Å². The Bertz CT molecular complexity index is 735. The highest BCUT2D eigenvalue weighted by Gasteiger charge is 2.14. The standard InChI is InChI=1S/C18H19NO5/c20-16-10-15(11-19-6-8-22-9-7-19)23-13-18(16)24-12-17(21)14-4-2-1-3-5-14/h1-5,10,13H,6-9,11-12H2. The molecule has 6 nitrogen and oxygen atoms in total. The number of carbonyl (C=O) groups excluding carboxylic acids is 1. The quantitative estimate of drug-likeness (QED) is 0.752. The van der Waals surface area contributed by atoms with E-state index in [9.17, 15) is 9.59 Å². The van der Waals surface area contributed by atoms with Crippen molar-refractivity contribution in [2.24, 2.45) is 0 Å². The van der Waals surface area contributed by atoms with Gasteiger partial charge in [0, 0.05) is 24.7 Å². The van der Waals surface area contributed by atoms with Crippen molar-refractivity contribution in [3.63, 3.8) is 0 Å². The lowest BCUT2D eigenvalue weighted by Crippen LogP contribution is -2.35. The van der Waals surface area contributed by atoms with Crippen molar-refractivity contribution in [2.45, 2.75) is 6.54 Å². The van der Waals surface area contributed by atoms with Crippen molar-refractivity contribution in [3.05, 3.63) is 64.2 Å². The monoisotopic (exact) mass is 329 g/mol. The van der Waals surface area contributed by atoms with Gasteiger partial charge >= 0.3 is 0 Å². The van der Waals surface area contributed by atoms with Gasteiger partial charge in [0.25, 0.3) is 0 Å². The van der Waals surface area contributed by atoms with Crippen LogP contribution in [0.5, 0.6) is 5.75 Å². The highest BCUT2D eigenvalue weighted by molar-refractivity contribution is 5.97. The van der Waals surface area contributed by atoms with E-state index in [1.165, 1.54) is 12.3 Å². The molecule has 24 heavy (non-hydrogen) atoms. The van der Waals surface area contributed by atoms with Crippen molar-refractivity contribution < 1.29 is 18.7 Å².